The highest BCUT2D eigenvalue weighted by molar-refractivity contribution is 7.99. The molecule has 0 aliphatic heterocycles. The van der Waals surface area contributed by atoms with E-state index in [9.17, 15) is 9.59 Å². The number of hydrogen-bond acceptors (Lipinski definition) is 4. The third-order valence-electron chi connectivity index (χ3n) is 2.85. The zero-order valence-electron chi connectivity index (χ0n) is 11.5. The van der Waals surface area contributed by atoms with Gasteiger partial charge in [0, 0.05) is 13.1 Å². The number of amides is 1. The Kier molecular flexibility index (Phi) is 4.79. The number of aromatic nitrogens is 2. The van der Waals surface area contributed by atoms with E-state index in [-0.39, 0.29) is 17.2 Å². The molecule has 1 aromatic heterocycles. The van der Waals surface area contributed by atoms with Gasteiger partial charge in [-0.05, 0) is 26.0 Å². The van der Waals surface area contributed by atoms with Crippen molar-refractivity contribution in [3.8, 4) is 0 Å². The van der Waals surface area contributed by atoms with Crippen LogP contribution in [0, 0.1) is 0 Å². The van der Waals surface area contributed by atoms with Gasteiger partial charge in [0.25, 0.3) is 5.56 Å². The van der Waals surface area contributed by atoms with Gasteiger partial charge < -0.3 is 5.32 Å². The van der Waals surface area contributed by atoms with Crippen LogP contribution in [0.5, 0.6) is 0 Å². The standard InChI is InChI=1S/C14H17N3O2S/c1-3-15-12(18)9-20-14-16-11-8-6-5-7-10(11)13(19)17(14)4-2/h5-8H,3-4,9H2,1-2H3,(H,15,18). The van der Waals surface area contributed by atoms with Gasteiger partial charge in [-0.3, -0.25) is 14.2 Å². The fourth-order valence-corrected chi connectivity index (χ4v) is 2.81. The Hall–Kier alpha value is -1.82. The molecule has 2 aromatic rings. The molecule has 0 aliphatic rings. The van der Waals surface area contributed by atoms with Gasteiger partial charge in [0.2, 0.25) is 5.91 Å². The van der Waals surface area contributed by atoms with E-state index in [1.54, 1.807) is 10.6 Å². The van der Waals surface area contributed by atoms with E-state index in [2.05, 4.69) is 10.3 Å². The Morgan fingerprint density at radius 3 is 2.80 bits per heavy atom. The van der Waals surface area contributed by atoms with Crippen LogP contribution in [0.15, 0.2) is 34.2 Å². The van der Waals surface area contributed by atoms with E-state index >= 15 is 0 Å². The molecular formula is C14H17N3O2S. The summed E-state index contributed by atoms with van der Waals surface area (Å²) < 4.78 is 1.60. The van der Waals surface area contributed by atoms with Gasteiger partial charge in [-0.25, -0.2) is 4.98 Å². The van der Waals surface area contributed by atoms with Gasteiger partial charge in [-0.2, -0.15) is 0 Å². The molecule has 1 N–H and O–H groups in total. The first kappa shape index (κ1) is 14.6. The fourth-order valence-electron chi connectivity index (χ4n) is 1.92. The molecule has 0 spiro atoms. The molecule has 0 fully saturated rings. The summed E-state index contributed by atoms with van der Waals surface area (Å²) in [5.41, 5.74) is 0.608. The molecule has 20 heavy (non-hydrogen) atoms. The number of benzene rings is 1. The lowest BCUT2D eigenvalue weighted by Gasteiger charge is -2.10. The number of fused-ring (bicyclic) bond motifs is 1. The van der Waals surface area contributed by atoms with Crippen molar-refractivity contribution < 1.29 is 4.79 Å². The van der Waals surface area contributed by atoms with Crippen LogP contribution in [-0.2, 0) is 11.3 Å². The van der Waals surface area contributed by atoms with E-state index in [4.69, 9.17) is 0 Å². The molecule has 0 aliphatic carbocycles. The first-order valence-corrected chi connectivity index (χ1v) is 7.55. The summed E-state index contributed by atoms with van der Waals surface area (Å²) in [7, 11) is 0. The van der Waals surface area contributed by atoms with Crippen LogP contribution in [0.3, 0.4) is 0 Å². The highest BCUT2D eigenvalue weighted by atomic mass is 32.2. The minimum absolute atomic E-state index is 0.0532. The average Bonchev–Trinajstić information content (AvgIpc) is 2.46. The number of carbonyl (C=O) groups is 1. The van der Waals surface area contributed by atoms with Crippen LogP contribution in [0.2, 0.25) is 0 Å². The summed E-state index contributed by atoms with van der Waals surface area (Å²) in [5.74, 6) is 0.209. The Balaban J connectivity index is 2.37. The third-order valence-corrected chi connectivity index (χ3v) is 3.83. The van der Waals surface area contributed by atoms with Gasteiger partial charge in [-0.1, -0.05) is 23.9 Å². The minimum Gasteiger partial charge on any atom is -0.356 e. The summed E-state index contributed by atoms with van der Waals surface area (Å²) in [5, 5.41) is 3.92. The molecule has 0 atom stereocenters. The summed E-state index contributed by atoms with van der Waals surface area (Å²) in [6.45, 7) is 4.91. The summed E-state index contributed by atoms with van der Waals surface area (Å²) in [6, 6.07) is 7.26. The fraction of sp³-hybridized carbons (Fsp3) is 0.357. The Morgan fingerprint density at radius 1 is 1.35 bits per heavy atom. The van der Waals surface area contributed by atoms with Gasteiger partial charge in [0.1, 0.15) is 0 Å². The van der Waals surface area contributed by atoms with Crippen LogP contribution in [-0.4, -0.2) is 27.8 Å². The molecule has 0 saturated heterocycles. The molecule has 6 heteroatoms. The zero-order chi connectivity index (χ0) is 14.5. The van der Waals surface area contributed by atoms with Crippen molar-refractivity contribution in [3.05, 3.63) is 34.6 Å². The number of nitrogens with zero attached hydrogens (tertiary/aromatic N) is 2. The second-order valence-electron chi connectivity index (χ2n) is 4.20. The van der Waals surface area contributed by atoms with E-state index < -0.39 is 0 Å². The highest BCUT2D eigenvalue weighted by Crippen LogP contribution is 2.17. The monoisotopic (exact) mass is 291 g/mol. The SMILES string of the molecule is CCNC(=O)CSc1nc2ccccc2c(=O)n1CC. The van der Waals surface area contributed by atoms with Gasteiger partial charge in [0.05, 0.1) is 16.7 Å². The van der Waals surface area contributed by atoms with Crippen molar-refractivity contribution in [2.24, 2.45) is 0 Å². The van der Waals surface area contributed by atoms with Gasteiger partial charge in [0.15, 0.2) is 5.16 Å². The zero-order valence-corrected chi connectivity index (χ0v) is 12.4. The van der Waals surface area contributed by atoms with Crippen molar-refractivity contribution in [2.75, 3.05) is 12.3 Å². The predicted octanol–water partition coefficient (Wildman–Crippen LogP) is 1.64. The van der Waals surface area contributed by atoms with E-state index in [0.29, 0.717) is 29.1 Å². The average molecular weight is 291 g/mol. The molecule has 0 radical (unpaired) electrons. The molecule has 1 aromatic carbocycles. The molecule has 1 amide bonds. The van der Waals surface area contributed by atoms with Crippen LogP contribution in [0.1, 0.15) is 13.8 Å². The second-order valence-corrected chi connectivity index (χ2v) is 5.15. The molecule has 0 saturated carbocycles. The summed E-state index contributed by atoms with van der Waals surface area (Å²) in [4.78, 5) is 28.4. The molecule has 1 heterocycles. The Morgan fingerprint density at radius 2 is 2.10 bits per heavy atom. The topological polar surface area (TPSA) is 64.0 Å². The van der Waals surface area contributed by atoms with Crippen molar-refractivity contribution in [3.63, 3.8) is 0 Å². The van der Waals surface area contributed by atoms with Crippen molar-refractivity contribution >= 4 is 28.6 Å². The lowest BCUT2D eigenvalue weighted by atomic mass is 10.2. The maximum Gasteiger partial charge on any atom is 0.262 e. The quantitative estimate of drug-likeness (QED) is 0.672. The minimum atomic E-state index is -0.0588. The molecule has 2 rings (SSSR count). The maximum atomic E-state index is 12.4. The third kappa shape index (κ3) is 3.01. The molecule has 5 nitrogen and oxygen atoms in total. The van der Waals surface area contributed by atoms with E-state index in [1.807, 2.05) is 32.0 Å². The first-order chi connectivity index (χ1) is 9.67. The number of nitrogens with one attached hydrogen (secondary N) is 1. The molecule has 0 unspecified atom stereocenters. The summed E-state index contributed by atoms with van der Waals surface area (Å²) >= 11 is 1.29. The number of rotatable bonds is 5. The lowest BCUT2D eigenvalue weighted by Crippen LogP contribution is -2.26. The van der Waals surface area contributed by atoms with Gasteiger partial charge >= 0.3 is 0 Å². The van der Waals surface area contributed by atoms with Crippen molar-refractivity contribution in [1.29, 1.82) is 0 Å². The first-order valence-electron chi connectivity index (χ1n) is 6.56. The number of carbonyl (C=O) groups excluding carboxylic acids is 1. The van der Waals surface area contributed by atoms with Crippen molar-refractivity contribution in [1.82, 2.24) is 14.9 Å². The van der Waals surface area contributed by atoms with Gasteiger partial charge in [-0.15, -0.1) is 0 Å². The van der Waals surface area contributed by atoms with Crippen LogP contribution >= 0.6 is 11.8 Å². The van der Waals surface area contributed by atoms with Crippen LogP contribution in [0.25, 0.3) is 10.9 Å². The lowest BCUT2D eigenvalue weighted by molar-refractivity contribution is -0.118. The predicted molar refractivity (Wildman–Crippen MR) is 81.1 cm³/mol. The highest BCUT2D eigenvalue weighted by Gasteiger charge is 2.11. The largest absolute Gasteiger partial charge is 0.356 e. The number of hydrogen-bond donors (Lipinski definition) is 1. The Labute approximate surface area is 121 Å². The molecule has 106 valence electrons. The molecule has 0 bridgehead atoms. The van der Waals surface area contributed by atoms with Crippen molar-refractivity contribution in [2.45, 2.75) is 25.5 Å². The number of para-hydroxylation sites is 1. The summed E-state index contributed by atoms with van der Waals surface area (Å²) in [6.07, 6.45) is 0. The number of thioether (sulfide) groups is 1. The van der Waals surface area contributed by atoms with Crippen LogP contribution in [0.4, 0.5) is 0 Å². The maximum absolute atomic E-state index is 12.4. The molecular weight excluding hydrogens is 274 g/mol. The van der Waals surface area contributed by atoms with E-state index in [0.717, 1.165) is 0 Å². The Bertz CT molecular complexity index is 682. The normalized spacial score (nSPS) is 10.7. The smallest absolute Gasteiger partial charge is 0.262 e. The van der Waals surface area contributed by atoms with E-state index in [1.165, 1.54) is 11.8 Å². The second kappa shape index (κ2) is 6.56. The van der Waals surface area contributed by atoms with Crippen LogP contribution < -0.4 is 10.9 Å².